The van der Waals surface area contributed by atoms with E-state index >= 15 is 0 Å². The molecule has 0 N–H and O–H groups in total. The molecule has 1 fully saturated rings. The minimum atomic E-state index is -0.515. The van der Waals surface area contributed by atoms with E-state index < -0.39 is 4.92 Å². The molecular formula is C11H15ClN4O2. The van der Waals surface area contributed by atoms with Crippen LogP contribution < -0.4 is 4.90 Å². The average molecular weight is 271 g/mol. The molecule has 0 spiro atoms. The van der Waals surface area contributed by atoms with Gasteiger partial charge in [-0.15, -0.1) is 0 Å². The third-order valence-corrected chi connectivity index (χ3v) is 3.42. The van der Waals surface area contributed by atoms with Gasteiger partial charge < -0.3 is 4.90 Å². The van der Waals surface area contributed by atoms with Crippen LogP contribution in [0.4, 0.5) is 11.5 Å². The minimum Gasteiger partial charge on any atom is -0.350 e. The highest BCUT2D eigenvalue weighted by atomic mass is 35.5. The highest BCUT2D eigenvalue weighted by Gasteiger charge is 2.32. The lowest BCUT2D eigenvalue weighted by Crippen LogP contribution is -2.40. The molecule has 0 unspecified atom stereocenters. The first-order valence-electron chi connectivity index (χ1n) is 5.80. The van der Waals surface area contributed by atoms with Crippen LogP contribution in [-0.4, -0.2) is 28.0 Å². The third kappa shape index (κ3) is 2.53. The highest BCUT2D eigenvalue weighted by molar-refractivity contribution is 6.31. The fraction of sp³-hybridized carbons (Fsp3) is 0.636. The van der Waals surface area contributed by atoms with Crippen LogP contribution in [0.15, 0.2) is 6.33 Å². The number of hydrogen-bond donors (Lipinski definition) is 0. The molecule has 2 rings (SSSR count). The van der Waals surface area contributed by atoms with E-state index in [1.54, 1.807) is 0 Å². The predicted octanol–water partition coefficient (Wildman–Crippen LogP) is 2.66. The van der Waals surface area contributed by atoms with E-state index in [-0.39, 0.29) is 16.3 Å². The predicted molar refractivity (Wildman–Crippen MR) is 68.9 cm³/mol. The van der Waals surface area contributed by atoms with Crippen LogP contribution in [0.5, 0.6) is 0 Å². The lowest BCUT2D eigenvalue weighted by Gasteiger charge is -2.38. The van der Waals surface area contributed by atoms with E-state index in [2.05, 4.69) is 23.8 Å². The molecule has 1 saturated heterocycles. The Balaban J connectivity index is 2.39. The van der Waals surface area contributed by atoms with E-state index in [9.17, 15) is 10.1 Å². The molecular weight excluding hydrogens is 256 g/mol. The summed E-state index contributed by atoms with van der Waals surface area (Å²) in [6, 6.07) is 0. The van der Waals surface area contributed by atoms with Gasteiger partial charge in [-0.2, -0.15) is 0 Å². The molecule has 7 heteroatoms. The fourth-order valence-electron chi connectivity index (χ4n) is 2.34. The second kappa shape index (κ2) is 4.68. The Morgan fingerprint density at radius 2 is 2.22 bits per heavy atom. The summed E-state index contributed by atoms with van der Waals surface area (Å²) in [5, 5.41) is 11.0. The van der Waals surface area contributed by atoms with Gasteiger partial charge in [0.05, 0.1) is 4.92 Å². The molecule has 1 aromatic heterocycles. The number of piperidine rings is 1. The number of hydrogen-bond acceptors (Lipinski definition) is 5. The zero-order valence-corrected chi connectivity index (χ0v) is 11.1. The molecule has 0 radical (unpaired) electrons. The zero-order chi connectivity index (χ0) is 13.3. The molecule has 0 atom stereocenters. The third-order valence-electron chi connectivity index (χ3n) is 3.14. The monoisotopic (exact) mass is 270 g/mol. The van der Waals surface area contributed by atoms with Crippen LogP contribution in [0, 0.1) is 15.5 Å². The van der Waals surface area contributed by atoms with Crippen LogP contribution >= 0.6 is 11.6 Å². The topological polar surface area (TPSA) is 72.2 Å². The van der Waals surface area contributed by atoms with Crippen LogP contribution in [0.25, 0.3) is 0 Å². The average Bonchev–Trinajstić information content (AvgIpc) is 2.26. The number of halogens is 1. The molecule has 0 aromatic carbocycles. The summed E-state index contributed by atoms with van der Waals surface area (Å²) in [6.07, 6.45) is 3.37. The lowest BCUT2D eigenvalue weighted by atomic mass is 9.84. The molecule has 0 aliphatic carbocycles. The van der Waals surface area contributed by atoms with Gasteiger partial charge in [0, 0.05) is 13.1 Å². The van der Waals surface area contributed by atoms with E-state index in [0.717, 1.165) is 25.9 Å². The van der Waals surface area contributed by atoms with Gasteiger partial charge in [-0.25, -0.2) is 9.97 Å². The van der Waals surface area contributed by atoms with Crippen molar-refractivity contribution < 1.29 is 4.92 Å². The number of nitro groups is 1. The van der Waals surface area contributed by atoms with Crippen molar-refractivity contribution >= 4 is 23.1 Å². The summed E-state index contributed by atoms with van der Waals surface area (Å²) in [4.78, 5) is 20.2. The van der Waals surface area contributed by atoms with E-state index in [4.69, 9.17) is 11.6 Å². The lowest BCUT2D eigenvalue weighted by molar-refractivity contribution is -0.384. The Morgan fingerprint density at radius 1 is 1.50 bits per heavy atom. The smallest absolute Gasteiger partial charge is 0.348 e. The summed E-state index contributed by atoms with van der Waals surface area (Å²) in [5.74, 6) is 0.327. The van der Waals surface area contributed by atoms with Crippen LogP contribution in [0.1, 0.15) is 26.7 Å². The summed E-state index contributed by atoms with van der Waals surface area (Å²) < 4.78 is 0. The van der Waals surface area contributed by atoms with Gasteiger partial charge in [0.2, 0.25) is 11.0 Å². The summed E-state index contributed by atoms with van der Waals surface area (Å²) >= 11 is 5.80. The number of anilines is 1. The number of nitrogens with zero attached hydrogens (tertiary/aromatic N) is 4. The van der Waals surface area contributed by atoms with Crippen molar-refractivity contribution in [3.05, 3.63) is 21.6 Å². The molecule has 2 heterocycles. The summed E-state index contributed by atoms with van der Waals surface area (Å²) in [6.45, 7) is 5.79. The van der Waals surface area contributed by atoms with Crippen LogP contribution in [-0.2, 0) is 0 Å². The Bertz CT molecular complexity index is 478. The van der Waals surface area contributed by atoms with Gasteiger partial charge in [0.25, 0.3) is 0 Å². The SMILES string of the molecule is CC1(C)CCCN(c2ncnc(Cl)c2[N+](=O)[O-])C1. The van der Waals surface area contributed by atoms with Gasteiger partial charge in [0.15, 0.2) is 0 Å². The van der Waals surface area contributed by atoms with Crippen molar-refractivity contribution in [1.29, 1.82) is 0 Å². The molecule has 0 amide bonds. The van der Waals surface area contributed by atoms with E-state index in [1.165, 1.54) is 6.33 Å². The fourth-order valence-corrected chi connectivity index (χ4v) is 2.54. The second-order valence-electron chi connectivity index (χ2n) is 5.28. The molecule has 1 aromatic rings. The first kappa shape index (κ1) is 13.0. The highest BCUT2D eigenvalue weighted by Crippen LogP contribution is 2.36. The van der Waals surface area contributed by atoms with Gasteiger partial charge in [-0.3, -0.25) is 10.1 Å². The number of rotatable bonds is 2. The van der Waals surface area contributed by atoms with Gasteiger partial charge in [-0.1, -0.05) is 25.4 Å². The Hall–Kier alpha value is -1.43. The van der Waals surface area contributed by atoms with Gasteiger partial charge >= 0.3 is 5.69 Å². The van der Waals surface area contributed by atoms with Crippen molar-refractivity contribution in [2.45, 2.75) is 26.7 Å². The normalized spacial score (nSPS) is 18.7. The maximum Gasteiger partial charge on any atom is 0.348 e. The standard InChI is InChI=1S/C11H15ClN4O2/c1-11(2)4-3-5-15(6-11)10-8(16(17)18)9(12)13-7-14-10/h7H,3-6H2,1-2H3. The molecule has 1 aliphatic heterocycles. The molecule has 18 heavy (non-hydrogen) atoms. The van der Waals surface area contributed by atoms with E-state index in [0.29, 0.717) is 5.82 Å². The minimum absolute atomic E-state index is 0.103. The quantitative estimate of drug-likeness (QED) is 0.469. The maximum atomic E-state index is 11.1. The van der Waals surface area contributed by atoms with Gasteiger partial charge in [0.1, 0.15) is 6.33 Å². The second-order valence-corrected chi connectivity index (χ2v) is 5.64. The molecule has 1 aliphatic rings. The Labute approximate surface area is 110 Å². The van der Waals surface area contributed by atoms with Crippen LogP contribution in [0.2, 0.25) is 5.15 Å². The summed E-state index contributed by atoms with van der Waals surface area (Å²) in [5.41, 5.74) is -0.0688. The first-order chi connectivity index (χ1) is 8.41. The van der Waals surface area contributed by atoms with Crippen LogP contribution in [0.3, 0.4) is 0 Å². The van der Waals surface area contributed by atoms with Crippen molar-refractivity contribution in [3.63, 3.8) is 0 Å². The Kier molecular flexibility index (Phi) is 3.38. The van der Waals surface area contributed by atoms with Crippen molar-refractivity contribution in [2.75, 3.05) is 18.0 Å². The molecule has 0 saturated carbocycles. The molecule has 98 valence electrons. The first-order valence-corrected chi connectivity index (χ1v) is 6.18. The molecule has 0 bridgehead atoms. The van der Waals surface area contributed by atoms with E-state index in [1.807, 2.05) is 4.90 Å². The Morgan fingerprint density at radius 3 is 2.83 bits per heavy atom. The van der Waals surface area contributed by atoms with Crippen molar-refractivity contribution in [2.24, 2.45) is 5.41 Å². The summed E-state index contributed by atoms with van der Waals surface area (Å²) in [7, 11) is 0. The van der Waals surface area contributed by atoms with Crippen molar-refractivity contribution in [3.8, 4) is 0 Å². The van der Waals surface area contributed by atoms with Crippen molar-refractivity contribution in [1.82, 2.24) is 9.97 Å². The zero-order valence-electron chi connectivity index (χ0n) is 10.4. The van der Waals surface area contributed by atoms with Gasteiger partial charge in [-0.05, 0) is 18.3 Å². The maximum absolute atomic E-state index is 11.1. The number of aromatic nitrogens is 2. The largest absolute Gasteiger partial charge is 0.350 e. The molecule has 6 nitrogen and oxygen atoms in total.